The summed E-state index contributed by atoms with van der Waals surface area (Å²) in [7, 11) is -3.36. The van der Waals surface area contributed by atoms with Crippen molar-refractivity contribution in [1.82, 2.24) is 4.90 Å². The highest BCUT2D eigenvalue weighted by molar-refractivity contribution is 7.92. The summed E-state index contributed by atoms with van der Waals surface area (Å²) in [6, 6.07) is 5.44. The molecule has 2 rings (SSSR count). The number of amides is 1. The van der Waals surface area contributed by atoms with Crippen molar-refractivity contribution >= 4 is 27.3 Å². The molecule has 0 bridgehead atoms. The van der Waals surface area contributed by atoms with Crippen molar-refractivity contribution in [3.63, 3.8) is 0 Å². The third-order valence-electron chi connectivity index (χ3n) is 4.31. The van der Waals surface area contributed by atoms with Crippen LogP contribution in [0, 0.1) is 6.92 Å². The molecule has 1 amide bonds. The van der Waals surface area contributed by atoms with E-state index < -0.39 is 10.0 Å². The molecule has 2 N–H and O–H groups in total. The smallest absolute Gasteiger partial charge is 0.241 e. The van der Waals surface area contributed by atoms with Gasteiger partial charge in [0.2, 0.25) is 15.9 Å². The second kappa shape index (κ2) is 7.53. The third kappa shape index (κ3) is 4.95. The number of rotatable bonds is 5. The Bertz CT molecular complexity index is 701. The van der Waals surface area contributed by atoms with E-state index in [1.807, 2.05) is 6.92 Å². The van der Waals surface area contributed by atoms with Crippen LogP contribution in [0.5, 0.6) is 0 Å². The minimum Gasteiger partial charge on any atom is -0.325 e. The summed E-state index contributed by atoms with van der Waals surface area (Å²) in [5.41, 5.74) is 1.89. The number of benzene rings is 1. The molecule has 1 atom stereocenters. The molecule has 0 aromatic heterocycles. The predicted octanol–water partition coefficient (Wildman–Crippen LogP) is 2.57. The number of likely N-dealkylation sites (tertiary alicyclic amines) is 1. The third-order valence-corrected chi connectivity index (χ3v) is 4.90. The van der Waals surface area contributed by atoms with Crippen LogP contribution in [0.2, 0.25) is 0 Å². The van der Waals surface area contributed by atoms with E-state index >= 15 is 0 Å². The Balaban J connectivity index is 2.15. The van der Waals surface area contributed by atoms with Crippen molar-refractivity contribution in [2.24, 2.45) is 0 Å². The molecular weight excluding hydrogens is 326 g/mol. The highest BCUT2D eigenvalue weighted by Gasteiger charge is 2.30. The second-order valence-electron chi connectivity index (χ2n) is 6.74. The van der Waals surface area contributed by atoms with Crippen molar-refractivity contribution in [2.45, 2.75) is 52.1 Å². The van der Waals surface area contributed by atoms with E-state index in [9.17, 15) is 13.2 Å². The van der Waals surface area contributed by atoms with E-state index in [0.29, 0.717) is 17.4 Å². The lowest BCUT2D eigenvalue weighted by Gasteiger charge is -2.37. The first-order chi connectivity index (χ1) is 11.2. The number of piperidine rings is 1. The summed E-state index contributed by atoms with van der Waals surface area (Å²) in [6.07, 6.45) is 4.13. The lowest BCUT2D eigenvalue weighted by Crippen LogP contribution is -2.50. The first kappa shape index (κ1) is 18.7. The van der Waals surface area contributed by atoms with E-state index in [1.54, 1.807) is 18.2 Å². The average Bonchev–Trinajstić information content (AvgIpc) is 2.49. The molecule has 1 aliphatic heterocycles. The van der Waals surface area contributed by atoms with Crippen LogP contribution in [0.3, 0.4) is 0 Å². The first-order valence-corrected chi connectivity index (χ1v) is 10.2. The van der Waals surface area contributed by atoms with E-state index in [4.69, 9.17) is 0 Å². The SMILES string of the molecule is Cc1ccc(NC(=O)C2CCCCN2C(C)C)cc1NS(C)(=O)=O. The van der Waals surface area contributed by atoms with E-state index in [0.717, 1.165) is 37.6 Å². The quantitative estimate of drug-likeness (QED) is 0.853. The number of sulfonamides is 1. The molecular formula is C17H27N3O3S. The van der Waals surface area contributed by atoms with Gasteiger partial charge in [0.15, 0.2) is 0 Å². The van der Waals surface area contributed by atoms with Crippen molar-refractivity contribution in [2.75, 3.05) is 22.8 Å². The van der Waals surface area contributed by atoms with Crippen LogP contribution in [-0.2, 0) is 14.8 Å². The van der Waals surface area contributed by atoms with Crippen molar-refractivity contribution < 1.29 is 13.2 Å². The van der Waals surface area contributed by atoms with Gasteiger partial charge < -0.3 is 5.32 Å². The Labute approximate surface area is 144 Å². The zero-order chi connectivity index (χ0) is 17.9. The Morgan fingerprint density at radius 2 is 2.00 bits per heavy atom. The molecule has 1 aliphatic rings. The molecule has 1 fully saturated rings. The molecule has 1 saturated heterocycles. The summed E-state index contributed by atoms with van der Waals surface area (Å²) in [5, 5.41) is 2.93. The largest absolute Gasteiger partial charge is 0.325 e. The van der Waals surface area contributed by atoms with Crippen LogP contribution in [-0.4, -0.2) is 44.1 Å². The minimum atomic E-state index is -3.36. The van der Waals surface area contributed by atoms with Gasteiger partial charge in [-0.1, -0.05) is 12.5 Å². The topological polar surface area (TPSA) is 78.5 Å². The number of carbonyl (C=O) groups is 1. The second-order valence-corrected chi connectivity index (χ2v) is 8.48. The van der Waals surface area contributed by atoms with Gasteiger partial charge in [-0.25, -0.2) is 8.42 Å². The number of hydrogen-bond acceptors (Lipinski definition) is 4. The van der Waals surface area contributed by atoms with Gasteiger partial charge in [-0.05, 0) is 57.9 Å². The maximum Gasteiger partial charge on any atom is 0.241 e. The lowest BCUT2D eigenvalue weighted by molar-refractivity contribution is -0.123. The van der Waals surface area contributed by atoms with Crippen LogP contribution in [0.15, 0.2) is 18.2 Å². The van der Waals surface area contributed by atoms with Gasteiger partial charge in [0.25, 0.3) is 0 Å². The number of nitrogens with one attached hydrogen (secondary N) is 2. The number of anilines is 2. The predicted molar refractivity (Wildman–Crippen MR) is 97.8 cm³/mol. The van der Waals surface area contributed by atoms with Gasteiger partial charge in [-0.15, -0.1) is 0 Å². The Hall–Kier alpha value is -1.60. The van der Waals surface area contributed by atoms with Crippen LogP contribution in [0.1, 0.15) is 38.7 Å². The molecule has 24 heavy (non-hydrogen) atoms. The van der Waals surface area contributed by atoms with Gasteiger partial charge >= 0.3 is 0 Å². The molecule has 1 aromatic carbocycles. The van der Waals surface area contributed by atoms with Crippen LogP contribution < -0.4 is 10.0 Å². The van der Waals surface area contributed by atoms with Gasteiger partial charge in [-0.3, -0.25) is 14.4 Å². The zero-order valence-electron chi connectivity index (χ0n) is 14.8. The highest BCUT2D eigenvalue weighted by atomic mass is 32.2. The maximum absolute atomic E-state index is 12.7. The molecule has 0 saturated carbocycles. The van der Waals surface area contributed by atoms with Gasteiger partial charge in [0, 0.05) is 11.7 Å². The summed E-state index contributed by atoms with van der Waals surface area (Å²) >= 11 is 0. The standard InChI is InChI=1S/C17H27N3O3S/c1-12(2)20-10-6-5-7-16(20)17(21)18-14-9-8-13(3)15(11-14)19-24(4,22)23/h8-9,11-12,16,19H,5-7,10H2,1-4H3,(H,18,21). The van der Waals surface area contributed by atoms with Gasteiger partial charge in [0.1, 0.15) is 0 Å². The zero-order valence-corrected chi connectivity index (χ0v) is 15.6. The van der Waals surface area contributed by atoms with Gasteiger partial charge in [0.05, 0.1) is 18.0 Å². The normalized spacial score (nSPS) is 19.3. The first-order valence-electron chi connectivity index (χ1n) is 8.32. The molecule has 0 radical (unpaired) electrons. The van der Waals surface area contributed by atoms with Crippen LogP contribution in [0.4, 0.5) is 11.4 Å². The summed E-state index contributed by atoms with van der Waals surface area (Å²) in [5.74, 6) is -0.0300. The van der Waals surface area contributed by atoms with Crippen molar-refractivity contribution in [3.8, 4) is 0 Å². The van der Waals surface area contributed by atoms with Gasteiger partial charge in [-0.2, -0.15) is 0 Å². The minimum absolute atomic E-state index is 0.0300. The monoisotopic (exact) mass is 353 g/mol. The molecule has 134 valence electrons. The number of aryl methyl sites for hydroxylation is 1. The van der Waals surface area contributed by atoms with Crippen LogP contribution >= 0.6 is 0 Å². The van der Waals surface area contributed by atoms with Crippen LogP contribution in [0.25, 0.3) is 0 Å². The van der Waals surface area contributed by atoms with Crippen molar-refractivity contribution in [3.05, 3.63) is 23.8 Å². The summed E-state index contributed by atoms with van der Waals surface area (Å²) in [4.78, 5) is 14.9. The summed E-state index contributed by atoms with van der Waals surface area (Å²) in [6.45, 7) is 6.96. The lowest BCUT2D eigenvalue weighted by atomic mass is 9.99. The summed E-state index contributed by atoms with van der Waals surface area (Å²) < 4.78 is 25.4. The molecule has 0 aliphatic carbocycles. The highest BCUT2D eigenvalue weighted by Crippen LogP contribution is 2.24. The molecule has 7 heteroatoms. The molecule has 0 spiro atoms. The number of nitrogens with zero attached hydrogens (tertiary/aromatic N) is 1. The van der Waals surface area contributed by atoms with E-state index in [2.05, 4.69) is 28.8 Å². The Morgan fingerprint density at radius 3 is 2.62 bits per heavy atom. The maximum atomic E-state index is 12.7. The molecule has 1 aromatic rings. The fourth-order valence-corrected chi connectivity index (χ4v) is 3.71. The Morgan fingerprint density at radius 1 is 1.29 bits per heavy atom. The molecule has 1 heterocycles. The van der Waals surface area contributed by atoms with E-state index in [1.165, 1.54) is 0 Å². The number of carbonyl (C=O) groups excluding carboxylic acids is 1. The Kier molecular flexibility index (Phi) is 5.87. The van der Waals surface area contributed by atoms with E-state index in [-0.39, 0.29) is 11.9 Å². The average molecular weight is 353 g/mol. The fourth-order valence-electron chi connectivity index (χ4n) is 3.09. The van der Waals surface area contributed by atoms with Crippen molar-refractivity contribution in [1.29, 1.82) is 0 Å². The number of hydrogen-bond donors (Lipinski definition) is 2. The molecule has 6 nitrogen and oxygen atoms in total. The molecule has 1 unspecified atom stereocenters. The fraction of sp³-hybridized carbons (Fsp3) is 0.588.